The summed E-state index contributed by atoms with van der Waals surface area (Å²) in [5.41, 5.74) is -2.15. The number of hydrogen-bond acceptors (Lipinski definition) is 7. The van der Waals surface area contributed by atoms with E-state index in [4.69, 9.17) is 14.2 Å². The van der Waals surface area contributed by atoms with Crippen LogP contribution in [0.2, 0.25) is 0 Å². The average molecular weight is 788 g/mol. The Morgan fingerprint density at radius 2 is 0.911 bits per heavy atom. The number of esters is 3. The molecule has 0 aromatic carbocycles. The lowest BCUT2D eigenvalue weighted by molar-refractivity contribution is -0.203. The van der Waals surface area contributed by atoms with Crippen molar-refractivity contribution in [3.05, 3.63) is 24.3 Å². The summed E-state index contributed by atoms with van der Waals surface area (Å²) in [7, 11) is 0. The van der Waals surface area contributed by atoms with E-state index in [9.17, 15) is 19.2 Å². The Labute approximate surface area is 343 Å². The molecule has 324 valence electrons. The van der Waals surface area contributed by atoms with Crippen molar-refractivity contribution in [2.45, 2.75) is 251 Å². The van der Waals surface area contributed by atoms with E-state index in [1.807, 2.05) is 6.92 Å². The molecule has 1 amide bonds. The number of rotatable bonds is 39. The van der Waals surface area contributed by atoms with Gasteiger partial charge in [-0.2, -0.15) is 0 Å². The van der Waals surface area contributed by atoms with Crippen LogP contribution in [0.3, 0.4) is 0 Å². The summed E-state index contributed by atoms with van der Waals surface area (Å²) in [5.74, 6) is -2.56. The molecule has 2 atom stereocenters. The lowest BCUT2D eigenvalue weighted by Gasteiger charge is -2.31. The van der Waals surface area contributed by atoms with Crippen LogP contribution < -0.4 is 5.32 Å². The summed E-state index contributed by atoms with van der Waals surface area (Å²) in [6.07, 6.45) is 44.2. The summed E-state index contributed by atoms with van der Waals surface area (Å²) in [4.78, 5) is 51.6. The van der Waals surface area contributed by atoms with Gasteiger partial charge < -0.3 is 19.5 Å². The normalized spacial score (nSPS) is 16.8. The van der Waals surface area contributed by atoms with Gasteiger partial charge in [-0.1, -0.05) is 173 Å². The van der Waals surface area contributed by atoms with E-state index >= 15 is 0 Å². The van der Waals surface area contributed by atoms with E-state index < -0.39 is 35.6 Å². The number of ether oxygens (including phenoxy) is 3. The van der Waals surface area contributed by atoms with E-state index in [0.717, 1.165) is 64.2 Å². The van der Waals surface area contributed by atoms with E-state index in [0.29, 0.717) is 19.3 Å². The van der Waals surface area contributed by atoms with Gasteiger partial charge in [0, 0.05) is 12.8 Å². The van der Waals surface area contributed by atoms with Crippen molar-refractivity contribution >= 4 is 23.8 Å². The van der Waals surface area contributed by atoms with Gasteiger partial charge in [0.1, 0.15) is 0 Å². The summed E-state index contributed by atoms with van der Waals surface area (Å²) in [6.45, 7) is 6.46. The standard InChI is InChI=1S/C48H85NO7/c1-4-7-9-11-13-15-17-19-21-23-25-27-29-31-33-35-37-39-45(51)55-43-42-44(50)49-48(43,47(53)54-41-6-3)56-46(52)40-38-36-34-32-30-28-26-24-22-20-18-16-14-12-10-8-5-2/h23-26,43H,4-22,27-42H2,1-3H3,(H,49,50)/t43?,48-/m1/s1. The molecule has 8 nitrogen and oxygen atoms in total. The SMILES string of the molecule is CCCCCCCCCCC=CCCCCCCCC(=O)OC1CC(=O)N[C@]1(OC(=O)CCCCCCCC=CCCCCCCCCCC)C(=O)OCCC. The molecule has 1 heterocycles. The Morgan fingerprint density at radius 1 is 0.536 bits per heavy atom. The number of allylic oxidation sites excluding steroid dienone is 4. The van der Waals surface area contributed by atoms with Crippen molar-refractivity contribution in [2.75, 3.05) is 6.61 Å². The zero-order valence-corrected chi connectivity index (χ0v) is 36.5. The fourth-order valence-corrected chi connectivity index (χ4v) is 7.23. The zero-order valence-electron chi connectivity index (χ0n) is 36.5. The topological polar surface area (TPSA) is 108 Å². The number of amides is 1. The molecule has 1 rings (SSSR count). The maximum atomic E-state index is 13.2. The smallest absolute Gasteiger partial charge is 0.376 e. The van der Waals surface area contributed by atoms with Gasteiger partial charge >= 0.3 is 23.6 Å². The predicted molar refractivity (Wildman–Crippen MR) is 230 cm³/mol. The Kier molecular flexibility index (Phi) is 33.7. The molecule has 1 aliphatic heterocycles. The van der Waals surface area contributed by atoms with E-state index in [1.54, 1.807) is 0 Å². The summed E-state index contributed by atoms with van der Waals surface area (Å²) in [5, 5.41) is 2.50. The van der Waals surface area contributed by atoms with Crippen molar-refractivity contribution in [1.82, 2.24) is 5.32 Å². The minimum absolute atomic E-state index is 0.0953. The Morgan fingerprint density at radius 3 is 1.32 bits per heavy atom. The van der Waals surface area contributed by atoms with Gasteiger partial charge in [-0.05, 0) is 70.6 Å². The van der Waals surface area contributed by atoms with Gasteiger partial charge in [0.05, 0.1) is 13.0 Å². The second kappa shape index (κ2) is 36.7. The van der Waals surface area contributed by atoms with Crippen LogP contribution in [0.1, 0.15) is 239 Å². The van der Waals surface area contributed by atoms with E-state index in [2.05, 4.69) is 43.5 Å². The number of carbonyl (C=O) groups excluding carboxylic acids is 4. The first-order chi connectivity index (χ1) is 27.4. The predicted octanol–water partition coefficient (Wildman–Crippen LogP) is 13.2. The molecule has 56 heavy (non-hydrogen) atoms. The quantitative estimate of drug-likeness (QED) is 0.0286. The lowest BCUT2D eigenvalue weighted by Crippen LogP contribution is -2.60. The first kappa shape index (κ1) is 51.4. The number of carbonyl (C=O) groups is 4. The molecular formula is C48H85NO7. The monoisotopic (exact) mass is 788 g/mol. The van der Waals surface area contributed by atoms with E-state index in [1.165, 1.54) is 116 Å². The van der Waals surface area contributed by atoms with Gasteiger partial charge in [-0.3, -0.25) is 14.4 Å². The van der Waals surface area contributed by atoms with Crippen LogP contribution >= 0.6 is 0 Å². The first-order valence-electron chi connectivity index (χ1n) is 23.6. The van der Waals surface area contributed by atoms with Crippen molar-refractivity contribution in [3.8, 4) is 0 Å². The highest BCUT2D eigenvalue weighted by Crippen LogP contribution is 2.29. The molecular weight excluding hydrogens is 703 g/mol. The molecule has 0 radical (unpaired) electrons. The van der Waals surface area contributed by atoms with Crippen LogP contribution in [-0.4, -0.2) is 42.3 Å². The summed E-state index contributed by atoms with van der Waals surface area (Å²) >= 11 is 0. The minimum Gasteiger partial charge on any atom is -0.461 e. The van der Waals surface area contributed by atoms with Crippen LogP contribution in [0.5, 0.6) is 0 Å². The van der Waals surface area contributed by atoms with Gasteiger partial charge in [0.2, 0.25) is 5.91 Å². The molecule has 1 saturated heterocycles. The molecule has 0 aromatic rings. The molecule has 0 bridgehead atoms. The van der Waals surface area contributed by atoms with E-state index in [-0.39, 0.29) is 25.9 Å². The number of hydrogen-bond donors (Lipinski definition) is 1. The van der Waals surface area contributed by atoms with Crippen molar-refractivity contribution in [2.24, 2.45) is 0 Å². The summed E-state index contributed by atoms with van der Waals surface area (Å²) in [6, 6.07) is 0. The second-order valence-corrected chi connectivity index (χ2v) is 16.2. The second-order valence-electron chi connectivity index (χ2n) is 16.2. The van der Waals surface area contributed by atoms with Crippen molar-refractivity contribution in [1.29, 1.82) is 0 Å². The summed E-state index contributed by atoms with van der Waals surface area (Å²) < 4.78 is 16.7. The molecule has 0 spiro atoms. The Balaban J connectivity index is 2.30. The van der Waals surface area contributed by atoms with Gasteiger partial charge in [0.25, 0.3) is 0 Å². The Bertz CT molecular complexity index is 1060. The number of nitrogens with one attached hydrogen (secondary N) is 1. The minimum atomic E-state index is -2.15. The van der Waals surface area contributed by atoms with Crippen molar-refractivity contribution < 1.29 is 33.4 Å². The van der Waals surface area contributed by atoms with Crippen molar-refractivity contribution in [3.63, 3.8) is 0 Å². The van der Waals surface area contributed by atoms with Gasteiger partial charge in [-0.15, -0.1) is 0 Å². The fourth-order valence-electron chi connectivity index (χ4n) is 7.23. The molecule has 1 N–H and O–H groups in total. The fraction of sp³-hybridized carbons (Fsp3) is 0.833. The largest absolute Gasteiger partial charge is 0.461 e. The molecule has 0 aliphatic carbocycles. The van der Waals surface area contributed by atoms with Crippen LogP contribution in [0.15, 0.2) is 24.3 Å². The van der Waals surface area contributed by atoms with Gasteiger partial charge in [0.15, 0.2) is 6.10 Å². The van der Waals surface area contributed by atoms with Gasteiger partial charge in [-0.25, -0.2) is 4.79 Å². The molecule has 1 fully saturated rings. The van der Waals surface area contributed by atoms with Crippen LogP contribution in [0.25, 0.3) is 0 Å². The Hall–Kier alpha value is -2.64. The highest BCUT2D eigenvalue weighted by molar-refractivity contribution is 5.94. The molecule has 0 saturated carbocycles. The van der Waals surface area contributed by atoms with Crippen LogP contribution in [-0.2, 0) is 33.4 Å². The first-order valence-corrected chi connectivity index (χ1v) is 23.6. The average Bonchev–Trinajstić information content (AvgIpc) is 3.50. The highest BCUT2D eigenvalue weighted by atomic mass is 16.6. The third kappa shape index (κ3) is 27.1. The molecule has 8 heteroatoms. The van der Waals surface area contributed by atoms with Crippen LogP contribution in [0.4, 0.5) is 0 Å². The molecule has 0 aromatic heterocycles. The van der Waals surface area contributed by atoms with Crippen LogP contribution in [0, 0.1) is 0 Å². The highest BCUT2D eigenvalue weighted by Gasteiger charge is 2.59. The maximum absolute atomic E-state index is 13.2. The third-order valence-corrected chi connectivity index (χ3v) is 10.7. The third-order valence-electron chi connectivity index (χ3n) is 10.7. The zero-order chi connectivity index (χ0) is 40.8. The lowest BCUT2D eigenvalue weighted by atomic mass is 10.1. The number of unbranched alkanes of at least 4 members (excludes halogenated alkanes) is 26. The molecule has 1 unspecified atom stereocenters. The molecule has 1 aliphatic rings. The maximum Gasteiger partial charge on any atom is 0.376 e.